The molecule has 2 atom stereocenters. The van der Waals surface area contributed by atoms with Gasteiger partial charge in [0, 0.05) is 31.8 Å². The highest BCUT2D eigenvalue weighted by atomic mass is 32.2. The fourth-order valence-corrected chi connectivity index (χ4v) is 2.26. The summed E-state index contributed by atoms with van der Waals surface area (Å²) in [7, 11) is -1.37. The first-order chi connectivity index (χ1) is 8.13. The number of carbonyl (C=O) groups excluding carboxylic acids is 1. The quantitative estimate of drug-likeness (QED) is 0.706. The summed E-state index contributed by atoms with van der Waals surface area (Å²) in [5.41, 5.74) is 5.65. The van der Waals surface area contributed by atoms with Crippen molar-refractivity contribution in [3.05, 3.63) is 0 Å². The zero-order valence-electron chi connectivity index (χ0n) is 11.8. The van der Waals surface area contributed by atoms with E-state index in [0.717, 1.165) is 19.3 Å². The molecule has 5 nitrogen and oxygen atoms in total. The van der Waals surface area contributed by atoms with Gasteiger partial charge in [-0.1, -0.05) is 13.3 Å². The molecule has 0 bridgehead atoms. The van der Waals surface area contributed by atoms with Gasteiger partial charge in [0.1, 0.15) is 9.84 Å². The lowest BCUT2D eigenvalue weighted by atomic mass is 10.0. The van der Waals surface area contributed by atoms with Crippen LogP contribution in [0.4, 0.5) is 0 Å². The average Bonchev–Trinajstić information content (AvgIpc) is 2.23. The van der Waals surface area contributed by atoms with Crippen LogP contribution in [-0.2, 0) is 14.6 Å². The van der Waals surface area contributed by atoms with E-state index in [0.29, 0.717) is 0 Å². The Labute approximate surface area is 111 Å². The summed E-state index contributed by atoms with van der Waals surface area (Å²) in [6.07, 6.45) is 3.80. The Morgan fingerprint density at radius 3 is 2.28 bits per heavy atom. The molecule has 0 aromatic heterocycles. The predicted molar refractivity (Wildman–Crippen MR) is 74.0 cm³/mol. The van der Waals surface area contributed by atoms with Gasteiger partial charge in [0.15, 0.2) is 0 Å². The van der Waals surface area contributed by atoms with Gasteiger partial charge in [0.2, 0.25) is 5.91 Å². The summed E-state index contributed by atoms with van der Waals surface area (Å²) in [6.45, 7) is 4.08. The van der Waals surface area contributed by atoms with E-state index in [4.69, 9.17) is 5.73 Å². The lowest BCUT2D eigenvalue weighted by Gasteiger charge is -2.21. The number of sulfone groups is 1. The van der Waals surface area contributed by atoms with E-state index < -0.39 is 9.84 Å². The third-order valence-electron chi connectivity index (χ3n) is 2.89. The van der Waals surface area contributed by atoms with Crippen LogP contribution in [0.1, 0.15) is 33.1 Å². The summed E-state index contributed by atoms with van der Waals surface area (Å²) < 4.78 is 22.0. The molecule has 0 aliphatic rings. The number of carbonyl (C=O) groups is 1. The highest BCUT2D eigenvalue weighted by Crippen LogP contribution is 2.11. The molecule has 0 saturated heterocycles. The van der Waals surface area contributed by atoms with Crippen LogP contribution in [0, 0.1) is 5.92 Å². The number of hydrogen-bond donors (Lipinski definition) is 1. The van der Waals surface area contributed by atoms with E-state index in [-0.39, 0.29) is 30.2 Å². The molecule has 2 unspecified atom stereocenters. The van der Waals surface area contributed by atoms with Crippen molar-refractivity contribution in [1.29, 1.82) is 0 Å². The van der Waals surface area contributed by atoms with Crippen LogP contribution in [0.15, 0.2) is 0 Å². The van der Waals surface area contributed by atoms with Crippen molar-refractivity contribution in [2.24, 2.45) is 11.7 Å². The second-order valence-corrected chi connectivity index (χ2v) is 7.46. The minimum absolute atomic E-state index is 0.00308. The van der Waals surface area contributed by atoms with E-state index >= 15 is 0 Å². The van der Waals surface area contributed by atoms with Crippen LogP contribution in [0.5, 0.6) is 0 Å². The van der Waals surface area contributed by atoms with Crippen LogP contribution in [0.25, 0.3) is 0 Å². The molecule has 0 aliphatic carbocycles. The monoisotopic (exact) mass is 278 g/mol. The van der Waals surface area contributed by atoms with Crippen molar-refractivity contribution in [1.82, 2.24) is 4.90 Å². The molecular weight excluding hydrogens is 252 g/mol. The van der Waals surface area contributed by atoms with Gasteiger partial charge in [-0.3, -0.25) is 4.79 Å². The first kappa shape index (κ1) is 17.4. The largest absolute Gasteiger partial charge is 0.345 e. The highest BCUT2D eigenvalue weighted by Gasteiger charge is 2.18. The van der Waals surface area contributed by atoms with Crippen LogP contribution in [-0.4, -0.2) is 50.9 Å². The molecule has 0 aromatic rings. The third-order valence-corrected chi connectivity index (χ3v) is 3.82. The van der Waals surface area contributed by atoms with Gasteiger partial charge in [0.05, 0.1) is 5.75 Å². The molecule has 0 rings (SSSR count). The second-order valence-electron chi connectivity index (χ2n) is 5.20. The summed E-state index contributed by atoms with van der Waals surface area (Å²) >= 11 is 0. The molecule has 0 fully saturated rings. The summed E-state index contributed by atoms with van der Waals surface area (Å²) in [4.78, 5) is 13.4. The van der Waals surface area contributed by atoms with Crippen molar-refractivity contribution in [3.8, 4) is 0 Å². The molecule has 0 aliphatic heterocycles. The van der Waals surface area contributed by atoms with Crippen LogP contribution in [0.3, 0.4) is 0 Å². The van der Waals surface area contributed by atoms with Gasteiger partial charge < -0.3 is 10.6 Å². The lowest BCUT2D eigenvalue weighted by Crippen LogP contribution is -2.35. The molecule has 0 spiro atoms. The maximum Gasteiger partial charge on any atom is 0.225 e. The smallest absolute Gasteiger partial charge is 0.225 e. The van der Waals surface area contributed by atoms with Crippen molar-refractivity contribution < 1.29 is 13.2 Å². The zero-order valence-corrected chi connectivity index (χ0v) is 12.7. The third kappa shape index (κ3) is 8.47. The molecule has 0 aromatic carbocycles. The predicted octanol–water partition coefficient (Wildman–Crippen LogP) is 0.643. The molecule has 6 heteroatoms. The average molecular weight is 278 g/mol. The topological polar surface area (TPSA) is 80.5 Å². The van der Waals surface area contributed by atoms with E-state index in [1.54, 1.807) is 7.05 Å². The van der Waals surface area contributed by atoms with Gasteiger partial charge in [-0.25, -0.2) is 8.42 Å². The number of rotatable bonds is 8. The minimum atomic E-state index is -3.02. The fourth-order valence-electron chi connectivity index (χ4n) is 1.66. The van der Waals surface area contributed by atoms with Crippen molar-refractivity contribution in [3.63, 3.8) is 0 Å². The molecule has 1 amide bonds. The van der Waals surface area contributed by atoms with E-state index in [2.05, 4.69) is 0 Å². The Balaban J connectivity index is 4.04. The summed E-state index contributed by atoms with van der Waals surface area (Å²) in [5, 5.41) is 0. The highest BCUT2D eigenvalue weighted by molar-refractivity contribution is 7.90. The summed E-state index contributed by atoms with van der Waals surface area (Å²) in [6, 6.07) is 0.162. The Hall–Kier alpha value is -0.620. The fraction of sp³-hybridized carbons (Fsp3) is 0.917. The molecule has 0 heterocycles. The Kier molecular flexibility index (Phi) is 7.47. The number of amides is 1. The molecule has 0 saturated carbocycles. The minimum Gasteiger partial charge on any atom is -0.345 e. The lowest BCUT2D eigenvalue weighted by molar-refractivity contribution is -0.133. The maximum absolute atomic E-state index is 11.9. The van der Waals surface area contributed by atoms with E-state index in [9.17, 15) is 13.2 Å². The number of nitrogens with zero attached hydrogens (tertiary/aromatic N) is 1. The number of nitrogens with two attached hydrogens (primary N) is 1. The van der Waals surface area contributed by atoms with Crippen molar-refractivity contribution in [2.75, 3.05) is 25.6 Å². The Morgan fingerprint density at radius 2 is 1.83 bits per heavy atom. The molecule has 18 heavy (non-hydrogen) atoms. The molecular formula is C12H26N2O3S. The van der Waals surface area contributed by atoms with Crippen LogP contribution >= 0.6 is 0 Å². The first-order valence-electron chi connectivity index (χ1n) is 6.31. The zero-order chi connectivity index (χ0) is 14.3. The molecule has 0 radical (unpaired) electrons. The van der Waals surface area contributed by atoms with E-state index in [1.165, 1.54) is 11.2 Å². The SMILES string of the molecule is CC(N)CCCC(C)C(=O)N(C)CCS(C)(=O)=O. The van der Waals surface area contributed by atoms with Gasteiger partial charge in [-0.05, 0) is 19.8 Å². The summed E-state index contributed by atoms with van der Waals surface area (Å²) in [5.74, 6) is -0.0569. The first-order valence-corrected chi connectivity index (χ1v) is 8.38. The van der Waals surface area contributed by atoms with Gasteiger partial charge in [-0.15, -0.1) is 0 Å². The van der Waals surface area contributed by atoms with E-state index in [1.807, 2.05) is 13.8 Å². The van der Waals surface area contributed by atoms with Gasteiger partial charge in [0.25, 0.3) is 0 Å². The Morgan fingerprint density at radius 1 is 1.28 bits per heavy atom. The Bertz CT molecular complexity index is 352. The maximum atomic E-state index is 11.9. The van der Waals surface area contributed by atoms with Crippen LogP contribution < -0.4 is 5.73 Å². The van der Waals surface area contributed by atoms with Crippen molar-refractivity contribution in [2.45, 2.75) is 39.2 Å². The van der Waals surface area contributed by atoms with Gasteiger partial charge in [-0.2, -0.15) is 0 Å². The normalized spacial score (nSPS) is 15.2. The van der Waals surface area contributed by atoms with Crippen molar-refractivity contribution >= 4 is 15.7 Å². The second kappa shape index (κ2) is 7.74. The number of hydrogen-bond acceptors (Lipinski definition) is 4. The van der Waals surface area contributed by atoms with Crippen LogP contribution in [0.2, 0.25) is 0 Å². The molecule has 2 N–H and O–H groups in total. The standard InChI is InChI=1S/C12H26N2O3S/c1-10(6-5-7-11(2)13)12(15)14(3)8-9-18(4,16)17/h10-11H,5-9,13H2,1-4H3. The van der Waals surface area contributed by atoms with Gasteiger partial charge >= 0.3 is 0 Å². The molecule has 108 valence electrons.